The number of halogens is 1. The number of aromatic nitrogens is 2. The topological polar surface area (TPSA) is 108 Å². The van der Waals surface area contributed by atoms with Gasteiger partial charge in [0, 0.05) is 43.3 Å². The smallest absolute Gasteiger partial charge is 0.258 e. The van der Waals surface area contributed by atoms with Crippen LogP contribution in [0.25, 0.3) is 0 Å². The molecule has 3 atom stereocenters. The molecule has 168 valence electrons. The third-order valence-electron chi connectivity index (χ3n) is 6.20. The number of nitrogens with zero attached hydrogens (tertiary/aromatic N) is 3. The van der Waals surface area contributed by atoms with Crippen molar-refractivity contribution < 1.29 is 14.3 Å². The zero-order valence-corrected chi connectivity index (χ0v) is 18.9. The van der Waals surface area contributed by atoms with Crippen molar-refractivity contribution >= 4 is 34.9 Å². The predicted molar refractivity (Wildman–Crippen MR) is 121 cm³/mol. The Hall–Kier alpha value is -2.84. The van der Waals surface area contributed by atoms with E-state index in [4.69, 9.17) is 21.7 Å². The van der Waals surface area contributed by atoms with Gasteiger partial charge in [0.15, 0.2) is 0 Å². The average Bonchev–Trinajstić information content (AvgIpc) is 2.75. The Kier molecular flexibility index (Phi) is 6.26. The standard InChI is InChI=1S/C23H26ClN5O3/c1-14-8-16(6-7-32-14)29-19(25)9-23(2,10-20(29)30)17-4-3-5-18(21(17)24)28-22(31)15-11-26-13-27-12-15/h3-5,11-14,16,25H,6-10H2,1-2H3,(H,28,31)/t14-,16-,23+/m1/s1. The molecule has 2 amide bonds. The summed E-state index contributed by atoms with van der Waals surface area (Å²) in [6.45, 7) is 4.54. The van der Waals surface area contributed by atoms with Crippen molar-refractivity contribution in [1.82, 2.24) is 14.9 Å². The summed E-state index contributed by atoms with van der Waals surface area (Å²) in [5.74, 6) is -0.147. The van der Waals surface area contributed by atoms with Gasteiger partial charge in [0.05, 0.1) is 22.4 Å². The quantitative estimate of drug-likeness (QED) is 0.728. The minimum absolute atomic E-state index is 0.00233. The number of hydrogen-bond donors (Lipinski definition) is 2. The van der Waals surface area contributed by atoms with Gasteiger partial charge in [-0.2, -0.15) is 0 Å². The monoisotopic (exact) mass is 455 g/mol. The van der Waals surface area contributed by atoms with Crippen molar-refractivity contribution in [2.45, 2.75) is 57.1 Å². The summed E-state index contributed by atoms with van der Waals surface area (Å²) in [4.78, 5) is 35.1. The highest BCUT2D eigenvalue weighted by atomic mass is 35.5. The summed E-state index contributed by atoms with van der Waals surface area (Å²) in [6, 6.07) is 5.36. The fraction of sp³-hybridized carbons (Fsp3) is 0.435. The van der Waals surface area contributed by atoms with Crippen LogP contribution in [0.15, 0.2) is 36.9 Å². The second-order valence-corrected chi connectivity index (χ2v) is 9.11. The molecule has 2 N–H and O–H groups in total. The van der Waals surface area contributed by atoms with Gasteiger partial charge in [0.1, 0.15) is 12.2 Å². The zero-order valence-electron chi connectivity index (χ0n) is 18.1. The summed E-state index contributed by atoms with van der Waals surface area (Å²) in [6.07, 6.45) is 6.37. The third-order valence-corrected chi connectivity index (χ3v) is 6.61. The van der Waals surface area contributed by atoms with Crippen molar-refractivity contribution in [3.63, 3.8) is 0 Å². The van der Waals surface area contributed by atoms with E-state index in [1.54, 1.807) is 17.0 Å². The Labute approximate surface area is 191 Å². The first-order valence-electron chi connectivity index (χ1n) is 10.6. The molecule has 1 aromatic heterocycles. The lowest BCUT2D eigenvalue weighted by atomic mass is 9.73. The lowest BCUT2D eigenvalue weighted by Gasteiger charge is -2.44. The second kappa shape index (κ2) is 8.96. The van der Waals surface area contributed by atoms with Gasteiger partial charge in [-0.05, 0) is 31.4 Å². The third kappa shape index (κ3) is 4.38. The summed E-state index contributed by atoms with van der Waals surface area (Å²) >= 11 is 6.71. The minimum Gasteiger partial charge on any atom is -0.378 e. The number of ether oxygens (including phenoxy) is 1. The van der Waals surface area contributed by atoms with Crippen LogP contribution >= 0.6 is 11.6 Å². The van der Waals surface area contributed by atoms with E-state index in [9.17, 15) is 9.59 Å². The Morgan fingerprint density at radius 3 is 2.75 bits per heavy atom. The van der Waals surface area contributed by atoms with Gasteiger partial charge in [-0.15, -0.1) is 0 Å². The number of carbonyl (C=O) groups is 2. The molecule has 3 heterocycles. The van der Waals surface area contributed by atoms with Crippen LogP contribution in [0.4, 0.5) is 5.69 Å². The van der Waals surface area contributed by atoms with Crippen molar-refractivity contribution in [1.29, 1.82) is 5.41 Å². The average molecular weight is 456 g/mol. The second-order valence-electron chi connectivity index (χ2n) is 8.73. The number of hydrogen-bond acceptors (Lipinski definition) is 6. The molecule has 2 aliphatic heterocycles. The molecule has 2 aliphatic rings. The lowest BCUT2D eigenvalue weighted by molar-refractivity contribution is -0.134. The number of amides is 2. The molecule has 0 radical (unpaired) electrons. The van der Waals surface area contributed by atoms with Crippen molar-refractivity contribution in [3.8, 4) is 0 Å². The Morgan fingerprint density at radius 2 is 2.06 bits per heavy atom. The Bertz CT molecular complexity index is 1030. The van der Waals surface area contributed by atoms with Crippen LogP contribution in [0, 0.1) is 5.41 Å². The van der Waals surface area contributed by atoms with Crippen LogP contribution in [0.2, 0.25) is 5.02 Å². The number of benzene rings is 1. The van der Waals surface area contributed by atoms with Crippen LogP contribution in [0.5, 0.6) is 0 Å². The van der Waals surface area contributed by atoms with E-state index in [-0.39, 0.29) is 30.4 Å². The maximum absolute atomic E-state index is 13.2. The number of anilines is 1. The van der Waals surface area contributed by atoms with Gasteiger partial charge in [0.2, 0.25) is 5.91 Å². The first-order chi connectivity index (χ1) is 15.3. The van der Waals surface area contributed by atoms with Gasteiger partial charge in [-0.1, -0.05) is 30.7 Å². The van der Waals surface area contributed by atoms with E-state index in [1.165, 1.54) is 18.7 Å². The van der Waals surface area contributed by atoms with Gasteiger partial charge >= 0.3 is 0 Å². The molecule has 0 aliphatic carbocycles. The molecule has 9 heteroatoms. The summed E-state index contributed by atoms with van der Waals surface area (Å²) < 4.78 is 5.60. The molecule has 0 bridgehead atoms. The summed E-state index contributed by atoms with van der Waals surface area (Å²) in [7, 11) is 0. The molecule has 2 aromatic rings. The van der Waals surface area contributed by atoms with Crippen LogP contribution < -0.4 is 5.32 Å². The molecule has 32 heavy (non-hydrogen) atoms. The molecule has 2 fully saturated rings. The highest BCUT2D eigenvalue weighted by Crippen LogP contribution is 2.43. The first-order valence-corrected chi connectivity index (χ1v) is 11.0. The zero-order chi connectivity index (χ0) is 22.9. The molecule has 0 spiro atoms. The normalized spacial score (nSPS) is 26.2. The SMILES string of the molecule is C[C@@H]1C[C@H](N2C(=N)C[C@](C)(c3cccc(NC(=O)c4cncnc4)c3Cl)CC2=O)CCO1. The fourth-order valence-corrected chi connectivity index (χ4v) is 5.02. The van der Waals surface area contributed by atoms with Crippen LogP contribution in [-0.2, 0) is 14.9 Å². The van der Waals surface area contributed by atoms with Crippen LogP contribution in [0.1, 0.15) is 55.5 Å². The first kappa shape index (κ1) is 22.4. The van der Waals surface area contributed by atoms with Crippen molar-refractivity contribution in [2.24, 2.45) is 0 Å². The van der Waals surface area contributed by atoms with E-state index in [0.717, 1.165) is 18.4 Å². The molecule has 4 rings (SSSR count). The molecular formula is C23H26ClN5O3. The predicted octanol–water partition coefficient (Wildman–Crippen LogP) is 3.81. The molecule has 8 nitrogen and oxygen atoms in total. The van der Waals surface area contributed by atoms with Crippen molar-refractivity contribution in [3.05, 3.63) is 53.1 Å². The summed E-state index contributed by atoms with van der Waals surface area (Å²) in [5, 5.41) is 11.8. The van der Waals surface area contributed by atoms with Gasteiger partial charge < -0.3 is 10.1 Å². The number of carbonyl (C=O) groups excluding carboxylic acids is 2. The Morgan fingerprint density at radius 1 is 1.31 bits per heavy atom. The van der Waals surface area contributed by atoms with Crippen molar-refractivity contribution in [2.75, 3.05) is 11.9 Å². The highest BCUT2D eigenvalue weighted by molar-refractivity contribution is 6.35. The Balaban J connectivity index is 1.56. The largest absolute Gasteiger partial charge is 0.378 e. The number of likely N-dealkylation sites (tertiary alicyclic amines) is 1. The molecular weight excluding hydrogens is 430 g/mol. The maximum Gasteiger partial charge on any atom is 0.258 e. The van der Waals surface area contributed by atoms with Gasteiger partial charge in [-0.25, -0.2) is 9.97 Å². The molecule has 0 saturated carbocycles. The minimum atomic E-state index is -0.644. The maximum atomic E-state index is 13.2. The lowest BCUT2D eigenvalue weighted by Crippen LogP contribution is -2.54. The highest BCUT2D eigenvalue weighted by Gasteiger charge is 2.44. The number of amidine groups is 1. The number of piperidine rings is 1. The fourth-order valence-electron chi connectivity index (χ4n) is 4.62. The van der Waals surface area contributed by atoms with Gasteiger partial charge in [0.25, 0.3) is 5.91 Å². The van der Waals surface area contributed by atoms with E-state index in [2.05, 4.69) is 15.3 Å². The molecule has 0 unspecified atom stereocenters. The van der Waals surface area contributed by atoms with E-state index < -0.39 is 5.41 Å². The van der Waals surface area contributed by atoms with Gasteiger partial charge in [-0.3, -0.25) is 19.9 Å². The van der Waals surface area contributed by atoms with E-state index >= 15 is 0 Å². The molecule has 2 saturated heterocycles. The molecule has 1 aromatic carbocycles. The summed E-state index contributed by atoms with van der Waals surface area (Å²) in [5.41, 5.74) is 0.851. The number of rotatable bonds is 4. The van der Waals surface area contributed by atoms with Crippen LogP contribution in [0.3, 0.4) is 0 Å². The number of nitrogens with one attached hydrogen (secondary N) is 2. The van der Waals surface area contributed by atoms with Crippen LogP contribution in [-0.4, -0.2) is 51.3 Å². The van der Waals surface area contributed by atoms with E-state index in [0.29, 0.717) is 35.1 Å². The van der Waals surface area contributed by atoms with E-state index in [1.807, 2.05) is 19.9 Å².